The summed E-state index contributed by atoms with van der Waals surface area (Å²) in [6.07, 6.45) is 2.04. The van der Waals surface area contributed by atoms with Crippen molar-refractivity contribution in [3.63, 3.8) is 0 Å². The number of rotatable bonds is 2. The Morgan fingerprint density at radius 3 is 2.25 bits per heavy atom. The van der Waals surface area contributed by atoms with Gasteiger partial charge in [0.2, 0.25) is 0 Å². The van der Waals surface area contributed by atoms with Gasteiger partial charge in [0.05, 0.1) is 11.1 Å². The van der Waals surface area contributed by atoms with E-state index in [-0.39, 0.29) is 5.41 Å². The minimum atomic E-state index is -0.195. The first kappa shape index (κ1) is 19.5. The maximum Gasteiger partial charge on any atom is 0.142 e. The summed E-state index contributed by atoms with van der Waals surface area (Å²) in [5, 5.41) is 5.02. The van der Waals surface area contributed by atoms with Gasteiger partial charge in [-0.1, -0.05) is 90.1 Å². The smallest absolute Gasteiger partial charge is 0.142 e. The number of hydrogen-bond acceptors (Lipinski definition) is 2. The topological polar surface area (TPSA) is 26.0 Å². The molecular formula is C30H29NO. The van der Waals surface area contributed by atoms with Crippen molar-refractivity contribution < 1.29 is 4.42 Å². The van der Waals surface area contributed by atoms with Gasteiger partial charge >= 0.3 is 0 Å². The molecule has 0 unspecified atom stereocenters. The highest BCUT2D eigenvalue weighted by Crippen LogP contribution is 2.52. The minimum absolute atomic E-state index is 0.195. The lowest BCUT2D eigenvalue weighted by atomic mass is 9.73. The van der Waals surface area contributed by atoms with Crippen LogP contribution < -0.4 is 0 Å². The van der Waals surface area contributed by atoms with E-state index < -0.39 is 0 Å². The molecule has 0 saturated heterocycles. The third-order valence-electron chi connectivity index (χ3n) is 7.43. The largest absolute Gasteiger partial charge is 0.455 e. The van der Waals surface area contributed by atoms with Gasteiger partial charge in [0.15, 0.2) is 0 Å². The molecule has 6 rings (SSSR count). The van der Waals surface area contributed by atoms with Gasteiger partial charge < -0.3 is 4.42 Å². The Bertz CT molecular complexity index is 1550. The minimum Gasteiger partial charge on any atom is -0.455 e. The van der Waals surface area contributed by atoms with E-state index in [1.807, 2.05) is 6.20 Å². The zero-order valence-electron chi connectivity index (χ0n) is 19.7. The second kappa shape index (κ2) is 6.45. The van der Waals surface area contributed by atoms with E-state index >= 15 is 0 Å². The number of hydrogen-bond donors (Lipinski definition) is 0. The van der Waals surface area contributed by atoms with Crippen molar-refractivity contribution in [2.75, 3.05) is 0 Å². The summed E-state index contributed by atoms with van der Waals surface area (Å²) in [4.78, 5) is 5.10. The van der Waals surface area contributed by atoms with Crippen LogP contribution in [0.25, 0.3) is 44.0 Å². The highest BCUT2D eigenvalue weighted by atomic mass is 16.3. The van der Waals surface area contributed by atoms with Crippen molar-refractivity contribution in [2.45, 2.75) is 58.8 Å². The highest BCUT2D eigenvalue weighted by Gasteiger charge is 2.37. The van der Waals surface area contributed by atoms with Gasteiger partial charge in [-0.3, -0.25) is 4.98 Å². The Balaban J connectivity index is 1.91. The summed E-state index contributed by atoms with van der Waals surface area (Å²) < 4.78 is 6.75. The van der Waals surface area contributed by atoms with Crippen LogP contribution in [0.5, 0.6) is 0 Å². The molecule has 0 bridgehead atoms. The van der Waals surface area contributed by atoms with Gasteiger partial charge in [0, 0.05) is 28.1 Å². The first-order valence-corrected chi connectivity index (χ1v) is 11.7. The monoisotopic (exact) mass is 419 g/mol. The predicted octanol–water partition coefficient (Wildman–Crippen LogP) is 8.69. The fourth-order valence-electron chi connectivity index (χ4n) is 5.78. The summed E-state index contributed by atoms with van der Waals surface area (Å²) in [5.74, 6) is 0.730. The van der Waals surface area contributed by atoms with E-state index in [9.17, 15) is 0 Å². The molecule has 0 N–H and O–H groups in total. The SMILES string of the molecule is CC(C)c1ccc2c3c1oc1c(C(C)C)cnc(c13)-c1ccc3ccccc3c1C2(C)C. The zero-order valence-corrected chi connectivity index (χ0v) is 19.7. The van der Waals surface area contributed by atoms with Gasteiger partial charge in [0.25, 0.3) is 0 Å². The third-order valence-corrected chi connectivity index (χ3v) is 7.43. The van der Waals surface area contributed by atoms with Crippen LogP contribution in [-0.2, 0) is 5.41 Å². The van der Waals surface area contributed by atoms with Crippen molar-refractivity contribution in [3.8, 4) is 11.3 Å². The fourth-order valence-corrected chi connectivity index (χ4v) is 5.78. The van der Waals surface area contributed by atoms with E-state index in [2.05, 4.69) is 90.1 Å². The van der Waals surface area contributed by atoms with E-state index in [0.29, 0.717) is 11.8 Å². The first-order valence-electron chi connectivity index (χ1n) is 11.7. The van der Waals surface area contributed by atoms with E-state index in [4.69, 9.17) is 9.40 Å². The van der Waals surface area contributed by atoms with Gasteiger partial charge in [-0.15, -0.1) is 0 Å². The van der Waals surface area contributed by atoms with Gasteiger partial charge in [-0.25, -0.2) is 0 Å². The van der Waals surface area contributed by atoms with Crippen LogP contribution in [-0.4, -0.2) is 4.98 Å². The van der Waals surface area contributed by atoms with Crippen LogP contribution >= 0.6 is 0 Å². The number of pyridine rings is 1. The molecule has 3 aromatic carbocycles. The average Bonchev–Trinajstić information content (AvgIpc) is 3.13. The predicted molar refractivity (Wildman–Crippen MR) is 135 cm³/mol. The van der Waals surface area contributed by atoms with Crippen molar-refractivity contribution in [1.29, 1.82) is 0 Å². The summed E-state index contributed by atoms with van der Waals surface area (Å²) in [5.41, 5.74) is 9.26. The van der Waals surface area contributed by atoms with Crippen LogP contribution in [0.15, 0.2) is 59.1 Å². The second-order valence-corrected chi connectivity index (χ2v) is 10.4. The van der Waals surface area contributed by atoms with E-state index in [1.165, 1.54) is 49.4 Å². The van der Waals surface area contributed by atoms with Crippen molar-refractivity contribution in [3.05, 3.63) is 77.0 Å². The molecule has 0 atom stereocenters. The molecule has 0 fully saturated rings. The maximum atomic E-state index is 6.75. The zero-order chi connectivity index (χ0) is 22.4. The van der Waals surface area contributed by atoms with E-state index in [0.717, 1.165) is 16.9 Å². The number of fused-ring (bicyclic) bond motifs is 4. The average molecular weight is 420 g/mol. The Morgan fingerprint density at radius 1 is 0.781 bits per heavy atom. The number of benzene rings is 3. The summed E-state index contributed by atoms with van der Waals surface area (Å²) >= 11 is 0. The molecule has 1 aliphatic carbocycles. The molecule has 1 aliphatic rings. The van der Waals surface area contributed by atoms with Gasteiger partial charge in [-0.2, -0.15) is 0 Å². The lowest BCUT2D eigenvalue weighted by Crippen LogP contribution is -2.20. The molecule has 32 heavy (non-hydrogen) atoms. The molecule has 0 spiro atoms. The van der Waals surface area contributed by atoms with E-state index in [1.54, 1.807) is 0 Å². The van der Waals surface area contributed by atoms with Crippen LogP contribution in [0.4, 0.5) is 0 Å². The quantitative estimate of drug-likeness (QED) is 0.286. The van der Waals surface area contributed by atoms with Crippen LogP contribution in [0.2, 0.25) is 0 Å². The molecular weight excluding hydrogens is 390 g/mol. The van der Waals surface area contributed by atoms with Crippen molar-refractivity contribution >= 4 is 32.7 Å². The van der Waals surface area contributed by atoms with Crippen LogP contribution in [0.3, 0.4) is 0 Å². The normalized spacial score (nSPS) is 14.8. The number of furan rings is 1. The maximum absolute atomic E-state index is 6.75. The Labute approximate surface area is 189 Å². The summed E-state index contributed by atoms with van der Waals surface area (Å²) in [6.45, 7) is 13.7. The van der Waals surface area contributed by atoms with Crippen LogP contribution in [0, 0.1) is 0 Å². The summed E-state index contributed by atoms with van der Waals surface area (Å²) in [7, 11) is 0. The van der Waals surface area contributed by atoms with Crippen LogP contribution in [0.1, 0.15) is 75.6 Å². The van der Waals surface area contributed by atoms with Gasteiger partial charge in [0.1, 0.15) is 11.2 Å². The Morgan fingerprint density at radius 2 is 1.50 bits per heavy atom. The molecule has 0 radical (unpaired) electrons. The molecule has 2 heteroatoms. The Kier molecular flexibility index (Phi) is 3.94. The number of aromatic nitrogens is 1. The molecule has 2 nitrogen and oxygen atoms in total. The number of nitrogens with zero attached hydrogens (tertiary/aromatic N) is 1. The lowest BCUT2D eigenvalue weighted by Gasteiger charge is -2.29. The first-order chi connectivity index (χ1) is 15.3. The van der Waals surface area contributed by atoms with Gasteiger partial charge in [-0.05, 0) is 39.3 Å². The molecule has 0 amide bonds. The molecule has 2 aromatic heterocycles. The standard InChI is InChI=1S/C30H29NO/c1-16(2)19-13-14-23-24-25-27(31-15-22(17(3)4)29(25)32-28(19)24)21-12-11-18-9-7-8-10-20(18)26(21)30(23,5)6/h7-17H,1-6H3. The van der Waals surface area contributed by atoms with Crippen molar-refractivity contribution in [2.24, 2.45) is 0 Å². The third kappa shape index (κ3) is 2.38. The molecule has 0 saturated carbocycles. The lowest BCUT2D eigenvalue weighted by molar-refractivity contribution is 0.635. The molecule has 0 aliphatic heterocycles. The summed E-state index contributed by atoms with van der Waals surface area (Å²) in [6, 6.07) is 17.9. The molecule has 160 valence electrons. The Hall–Kier alpha value is -3.13. The molecule has 2 heterocycles. The fraction of sp³-hybridized carbons (Fsp3) is 0.300. The molecule has 5 aromatic rings. The second-order valence-electron chi connectivity index (χ2n) is 10.4. The van der Waals surface area contributed by atoms with Crippen molar-refractivity contribution in [1.82, 2.24) is 4.98 Å². The highest BCUT2D eigenvalue weighted by molar-refractivity contribution is 6.17.